The predicted molar refractivity (Wildman–Crippen MR) is 59.9 cm³/mol. The van der Waals surface area contributed by atoms with Crippen LogP contribution in [0.4, 0.5) is 0 Å². The van der Waals surface area contributed by atoms with E-state index in [-0.39, 0.29) is 0 Å². The Morgan fingerprint density at radius 1 is 1.14 bits per heavy atom. The minimum Gasteiger partial charge on any atom is -0.508 e. The molecule has 2 N–H and O–H groups in total. The average Bonchev–Trinajstić information content (AvgIpc) is 2.23. The van der Waals surface area contributed by atoms with Crippen LogP contribution in [-0.4, -0.2) is 23.4 Å². The summed E-state index contributed by atoms with van der Waals surface area (Å²) < 4.78 is 0. The summed E-state index contributed by atoms with van der Waals surface area (Å²) in [5.41, 5.74) is 0. The fraction of sp³-hybridized carbons (Fsp3) is 0.455. The Labute approximate surface area is 88.7 Å². The molecule has 0 amide bonds. The second-order valence-corrected chi connectivity index (χ2v) is 4.93. The second kappa shape index (κ2) is 4.71. The van der Waals surface area contributed by atoms with Crippen molar-refractivity contribution < 1.29 is 5.11 Å². The molecule has 0 bridgehead atoms. The molecule has 0 saturated carbocycles. The molecular weight excluding hydrogens is 194 g/mol. The molecule has 1 aromatic carbocycles. The normalized spacial score (nSPS) is 18.3. The highest BCUT2D eigenvalue weighted by atomic mass is 32.2. The van der Waals surface area contributed by atoms with Gasteiger partial charge in [-0.3, -0.25) is 0 Å². The first kappa shape index (κ1) is 9.87. The lowest BCUT2D eigenvalue weighted by atomic mass is 10.2. The third-order valence-electron chi connectivity index (χ3n) is 2.43. The first-order valence-electron chi connectivity index (χ1n) is 5.01. The number of phenols is 1. The van der Waals surface area contributed by atoms with Crippen LogP contribution in [0.2, 0.25) is 0 Å². The molecule has 76 valence electrons. The predicted octanol–water partition coefficient (Wildman–Crippen LogP) is 2.24. The van der Waals surface area contributed by atoms with Gasteiger partial charge in [-0.25, -0.2) is 0 Å². The highest BCUT2D eigenvalue weighted by molar-refractivity contribution is 8.00. The van der Waals surface area contributed by atoms with E-state index in [1.807, 2.05) is 23.9 Å². The fourth-order valence-corrected chi connectivity index (χ4v) is 2.78. The largest absolute Gasteiger partial charge is 0.508 e. The Hall–Kier alpha value is -0.670. The van der Waals surface area contributed by atoms with Gasteiger partial charge in [0.1, 0.15) is 5.75 Å². The summed E-state index contributed by atoms with van der Waals surface area (Å²) in [6.45, 7) is 2.27. The summed E-state index contributed by atoms with van der Waals surface area (Å²) >= 11 is 1.92. The number of phenolic OH excluding ortho intramolecular Hbond substituents is 1. The number of rotatable bonds is 2. The van der Waals surface area contributed by atoms with Crippen LogP contribution in [0.15, 0.2) is 29.2 Å². The summed E-state index contributed by atoms with van der Waals surface area (Å²) in [7, 11) is 0. The van der Waals surface area contributed by atoms with Gasteiger partial charge in [0, 0.05) is 10.1 Å². The van der Waals surface area contributed by atoms with E-state index in [0.717, 1.165) is 18.3 Å². The Bertz CT molecular complexity index is 280. The first-order valence-corrected chi connectivity index (χ1v) is 5.89. The van der Waals surface area contributed by atoms with Crippen molar-refractivity contribution in [3.63, 3.8) is 0 Å². The Balaban J connectivity index is 1.92. The van der Waals surface area contributed by atoms with Gasteiger partial charge in [0.25, 0.3) is 0 Å². The molecule has 2 rings (SSSR count). The Kier molecular flexibility index (Phi) is 3.32. The molecule has 2 nitrogen and oxygen atoms in total. The van der Waals surface area contributed by atoms with Crippen molar-refractivity contribution in [2.45, 2.75) is 23.0 Å². The molecule has 0 radical (unpaired) electrons. The van der Waals surface area contributed by atoms with Gasteiger partial charge < -0.3 is 10.4 Å². The van der Waals surface area contributed by atoms with Gasteiger partial charge in [-0.2, -0.15) is 0 Å². The summed E-state index contributed by atoms with van der Waals surface area (Å²) in [5.74, 6) is 0.347. The number of hydrogen-bond donors (Lipinski definition) is 2. The van der Waals surface area contributed by atoms with Crippen LogP contribution in [-0.2, 0) is 0 Å². The average molecular weight is 209 g/mol. The van der Waals surface area contributed by atoms with Crippen LogP contribution in [0.3, 0.4) is 0 Å². The summed E-state index contributed by atoms with van der Waals surface area (Å²) in [6, 6.07) is 7.48. The van der Waals surface area contributed by atoms with E-state index < -0.39 is 0 Å². The Morgan fingerprint density at radius 2 is 1.79 bits per heavy atom. The third kappa shape index (κ3) is 2.66. The molecule has 1 heterocycles. The van der Waals surface area contributed by atoms with Crippen LogP contribution in [0.1, 0.15) is 12.8 Å². The number of thioether (sulfide) groups is 1. The van der Waals surface area contributed by atoms with E-state index >= 15 is 0 Å². The van der Waals surface area contributed by atoms with Crippen molar-refractivity contribution in [3.8, 4) is 5.75 Å². The highest BCUT2D eigenvalue weighted by Crippen LogP contribution is 2.29. The van der Waals surface area contributed by atoms with Gasteiger partial charge in [-0.15, -0.1) is 11.8 Å². The number of piperidine rings is 1. The lowest BCUT2D eigenvalue weighted by Gasteiger charge is -2.21. The monoisotopic (exact) mass is 209 g/mol. The van der Waals surface area contributed by atoms with Crippen molar-refractivity contribution in [3.05, 3.63) is 24.3 Å². The smallest absolute Gasteiger partial charge is 0.115 e. The molecule has 0 aliphatic carbocycles. The molecule has 0 spiro atoms. The van der Waals surface area contributed by atoms with Gasteiger partial charge in [0.2, 0.25) is 0 Å². The van der Waals surface area contributed by atoms with Crippen molar-refractivity contribution in [1.82, 2.24) is 5.32 Å². The standard InChI is InChI=1S/C11H15NOS/c13-9-1-3-10(4-2-9)14-11-5-7-12-8-6-11/h1-4,11-13H,5-8H2. The van der Waals surface area contributed by atoms with E-state index in [0.29, 0.717) is 5.75 Å². The number of nitrogens with one attached hydrogen (secondary N) is 1. The van der Waals surface area contributed by atoms with Gasteiger partial charge in [-0.05, 0) is 50.2 Å². The first-order chi connectivity index (χ1) is 6.84. The van der Waals surface area contributed by atoms with E-state index in [1.165, 1.54) is 17.7 Å². The minimum atomic E-state index is 0.347. The molecule has 1 aliphatic heterocycles. The van der Waals surface area contributed by atoms with Crippen LogP contribution >= 0.6 is 11.8 Å². The Morgan fingerprint density at radius 3 is 2.43 bits per heavy atom. The van der Waals surface area contributed by atoms with E-state index in [9.17, 15) is 0 Å². The van der Waals surface area contributed by atoms with Gasteiger partial charge >= 0.3 is 0 Å². The molecule has 0 aromatic heterocycles. The van der Waals surface area contributed by atoms with Gasteiger partial charge in [0.15, 0.2) is 0 Å². The summed E-state index contributed by atoms with van der Waals surface area (Å²) in [6.07, 6.45) is 2.48. The summed E-state index contributed by atoms with van der Waals surface area (Å²) in [4.78, 5) is 1.26. The molecular formula is C11H15NOS. The fourth-order valence-electron chi connectivity index (χ4n) is 1.63. The van der Waals surface area contributed by atoms with E-state index in [4.69, 9.17) is 5.11 Å². The van der Waals surface area contributed by atoms with Crippen LogP contribution in [0.5, 0.6) is 5.75 Å². The summed E-state index contributed by atoms with van der Waals surface area (Å²) in [5, 5.41) is 13.2. The second-order valence-electron chi connectivity index (χ2n) is 3.56. The lowest BCUT2D eigenvalue weighted by Crippen LogP contribution is -2.29. The molecule has 3 heteroatoms. The molecule has 1 fully saturated rings. The number of hydrogen-bond acceptors (Lipinski definition) is 3. The molecule has 14 heavy (non-hydrogen) atoms. The van der Waals surface area contributed by atoms with E-state index in [1.54, 1.807) is 12.1 Å². The van der Waals surface area contributed by atoms with Crippen LogP contribution < -0.4 is 5.32 Å². The minimum absolute atomic E-state index is 0.347. The van der Waals surface area contributed by atoms with Gasteiger partial charge in [-0.1, -0.05) is 0 Å². The van der Waals surface area contributed by atoms with Crippen molar-refractivity contribution in [2.75, 3.05) is 13.1 Å². The zero-order valence-electron chi connectivity index (χ0n) is 8.07. The highest BCUT2D eigenvalue weighted by Gasteiger charge is 2.13. The van der Waals surface area contributed by atoms with Crippen molar-refractivity contribution >= 4 is 11.8 Å². The quantitative estimate of drug-likeness (QED) is 0.783. The molecule has 0 atom stereocenters. The zero-order chi connectivity index (χ0) is 9.80. The maximum atomic E-state index is 9.14. The topological polar surface area (TPSA) is 32.3 Å². The maximum absolute atomic E-state index is 9.14. The van der Waals surface area contributed by atoms with Crippen molar-refractivity contribution in [1.29, 1.82) is 0 Å². The maximum Gasteiger partial charge on any atom is 0.115 e. The molecule has 1 aliphatic rings. The van der Waals surface area contributed by atoms with Crippen molar-refractivity contribution in [2.24, 2.45) is 0 Å². The number of aromatic hydroxyl groups is 1. The molecule has 0 unspecified atom stereocenters. The van der Waals surface area contributed by atoms with E-state index in [2.05, 4.69) is 5.32 Å². The SMILES string of the molecule is Oc1ccc(SC2CCNCC2)cc1. The zero-order valence-corrected chi connectivity index (χ0v) is 8.89. The molecule has 1 saturated heterocycles. The van der Waals surface area contributed by atoms with Crippen LogP contribution in [0, 0.1) is 0 Å². The van der Waals surface area contributed by atoms with Gasteiger partial charge in [0.05, 0.1) is 0 Å². The third-order valence-corrected chi connectivity index (χ3v) is 3.77. The van der Waals surface area contributed by atoms with Crippen LogP contribution in [0.25, 0.3) is 0 Å². The number of benzene rings is 1. The lowest BCUT2D eigenvalue weighted by molar-refractivity contribution is 0.475. The molecule has 1 aromatic rings.